The van der Waals surface area contributed by atoms with Crippen LogP contribution in [0.5, 0.6) is 0 Å². The Morgan fingerprint density at radius 3 is 2.69 bits per heavy atom. The van der Waals surface area contributed by atoms with Gasteiger partial charge in [-0.3, -0.25) is 19.5 Å². The van der Waals surface area contributed by atoms with Crippen molar-refractivity contribution in [3.8, 4) is 0 Å². The Bertz CT molecular complexity index is 1460. The number of rotatable bonds is 5. The first-order chi connectivity index (χ1) is 18.7. The molecule has 204 valence electrons. The number of H-pyrrole nitrogens is 1. The van der Waals surface area contributed by atoms with Crippen LogP contribution in [0.25, 0.3) is 10.9 Å². The van der Waals surface area contributed by atoms with Crippen LogP contribution in [-0.2, 0) is 15.0 Å². The van der Waals surface area contributed by atoms with E-state index in [0.717, 1.165) is 10.9 Å². The lowest BCUT2D eigenvalue weighted by atomic mass is 9.71. The number of nitrogens with zero attached hydrogens (tertiary/aromatic N) is 3. The van der Waals surface area contributed by atoms with Gasteiger partial charge < -0.3 is 15.1 Å². The molecule has 1 aromatic heterocycles. The molecule has 11 heteroatoms. The van der Waals surface area contributed by atoms with Gasteiger partial charge in [0.05, 0.1) is 23.5 Å². The van der Waals surface area contributed by atoms with Gasteiger partial charge in [0.2, 0.25) is 11.8 Å². The number of aromatic nitrogens is 2. The fourth-order valence-electron chi connectivity index (χ4n) is 6.52. The van der Waals surface area contributed by atoms with Crippen molar-refractivity contribution < 1.29 is 27.6 Å². The third-order valence-corrected chi connectivity index (χ3v) is 8.33. The summed E-state index contributed by atoms with van der Waals surface area (Å²) in [5.74, 6) is -1.02. The van der Waals surface area contributed by atoms with E-state index in [9.17, 15) is 27.6 Å². The van der Waals surface area contributed by atoms with Gasteiger partial charge in [0.15, 0.2) is 5.78 Å². The first-order valence-corrected chi connectivity index (χ1v) is 13.2. The van der Waals surface area contributed by atoms with Crippen molar-refractivity contribution in [2.24, 2.45) is 0 Å². The van der Waals surface area contributed by atoms with Crippen LogP contribution < -0.4 is 10.2 Å². The van der Waals surface area contributed by atoms with Gasteiger partial charge in [0, 0.05) is 40.4 Å². The predicted molar refractivity (Wildman–Crippen MR) is 138 cm³/mol. The maximum atomic E-state index is 14.1. The molecule has 8 nitrogen and oxygen atoms in total. The number of fused-ring (bicyclic) bond motifs is 3. The number of carbonyl (C=O) groups excluding carboxylic acids is 3. The summed E-state index contributed by atoms with van der Waals surface area (Å²) in [5, 5.41) is 10.9. The molecule has 1 atom stereocenters. The van der Waals surface area contributed by atoms with Crippen molar-refractivity contribution in [2.45, 2.75) is 49.7 Å². The van der Waals surface area contributed by atoms with Crippen LogP contribution >= 0.6 is 0 Å². The Kier molecular flexibility index (Phi) is 6.21. The van der Waals surface area contributed by atoms with E-state index < -0.39 is 30.0 Å². The first-order valence-electron chi connectivity index (χ1n) is 13.2. The molecule has 2 fully saturated rings. The van der Waals surface area contributed by atoms with Gasteiger partial charge in [0.25, 0.3) is 0 Å². The van der Waals surface area contributed by atoms with Crippen LogP contribution in [0.2, 0.25) is 0 Å². The summed E-state index contributed by atoms with van der Waals surface area (Å²) in [6.45, 7) is 1.01. The number of halogens is 3. The summed E-state index contributed by atoms with van der Waals surface area (Å²) in [6, 6.07) is 9.45. The van der Waals surface area contributed by atoms with E-state index in [4.69, 9.17) is 0 Å². The molecule has 0 bridgehead atoms. The van der Waals surface area contributed by atoms with E-state index in [1.807, 2.05) is 0 Å². The molecule has 2 saturated heterocycles. The zero-order valence-corrected chi connectivity index (χ0v) is 21.2. The number of carbonyl (C=O) groups is 3. The normalized spacial score (nSPS) is 20.7. The Hall–Kier alpha value is -3.73. The fraction of sp³-hybridized carbons (Fsp3) is 0.429. The first kappa shape index (κ1) is 25.5. The van der Waals surface area contributed by atoms with Crippen molar-refractivity contribution in [2.75, 3.05) is 31.1 Å². The SMILES string of the molecule is O=C(c1ccc2[nH]ncc2c1)c1cccc2c1C1(CCNCC1)C(=O)N2CC(=O)N1CCCC1CC(F)(F)F. The average molecular weight is 540 g/mol. The van der Waals surface area contributed by atoms with Gasteiger partial charge >= 0.3 is 6.18 Å². The second-order valence-electron chi connectivity index (χ2n) is 10.6. The molecular formula is C28H28F3N5O3. The Morgan fingerprint density at radius 2 is 1.92 bits per heavy atom. The summed E-state index contributed by atoms with van der Waals surface area (Å²) < 4.78 is 39.4. The van der Waals surface area contributed by atoms with Gasteiger partial charge in [-0.2, -0.15) is 18.3 Å². The average Bonchev–Trinajstić information content (AvgIpc) is 3.63. The molecule has 0 radical (unpaired) electrons. The van der Waals surface area contributed by atoms with Crippen molar-refractivity contribution in [3.63, 3.8) is 0 Å². The zero-order valence-electron chi connectivity index (χ0n) is 21.2. The molecule has 39 heavy (non-hydrogen) atoms. The highest BCUT2D eigenvalue weighted by Crippen LogP contribution is 2.49. The van der Waals surface area contributed by atoms with Gasteiger partial charge in [-0.15, -0.1) is 0 Å². The minimum Gasteiger partial charge on any atom is -0.338 e. The highest BCUT2D eigenvalue weighted by atomic mass is 19.4. The minimum atomic E-state index is -4.38. The topological polar surface area (TPSA) is 98.4 Å². The number of piperidine rings is 1. The lowest BCUT2D eigenvalue weighted by Gasteiger charge is -2.34. The summed E-state index contributed by atoms with van der Waals surface area (Å²) in [7, 11) is 0. The highest BCUT2D eigenvalue weighted by Gasteiger charge is 2.53. The molecular weight excluding hydrogens is 511 g/mol. The van der Waals surface area contributed by atoms with Crippen LogP contribution in [0.3, 0.4) is 0 Å². The number of amides is 2. The van der Waals surface area contributed by atoms with Gasteiger partial charge in [-0.1, -0.05) is 12.1 Å². The molecule has 2 amide bonds. The maximum Gasteiger partial charge on any atom is 0.391 e. The molecule has 6 rings (SSSR count). The van der Waals surface area contributed by atoms with E-state index in [-0.39, 0.29) is 31.2 Å². The van der Waals surface area contributed by atoms with Crippen LogP contribution in [0.15, 0.2) is 42.6 Å². The van der Waals surface area contributed by atoms with Crippen LogP contribution in [0.1, 0.15) is 53.6 Å². The van der Waals surface area contributed by atoms with Crippen molar-refractivity contribution in [1.29, 1.82) is 0 Å². The molecule has 1 spiro atoms. The van der Waals surface area contributed by atoms with E-state index in [0.29, 0.717) is 54.7 Å². The Labute approximate surface area is 222 Å². The number of aromatic amines is 1. The standard InChI is InChI=1S/C28H28F3N5O3/c29-28(30,31)14-19-3-2-12-35(19)23(37)16-36-22-5-1-4-20(24(22)27(26(36)39)8-10-32-11-9-27)25(38)17-6-7-21-18(13-17)15-33-34-21/h1,4-7,13,15,19,32H,2-3,8-12,14,16H2,(H,33,34). The van der Waals surface area contributed by atoms with Crippen LogP contribution in [0, 0.1) is 0 Å². The van der Waals surface area contributed by atoms with Crippen molar-refractivity contribution in [1.82, 2.24) is 20.4 Å². The van der Waals surface area contributed by atoms with E-state index in [1.54, 1.807) is 42.6 Å². The van der Waals surface area contributed by atoms with Crippen molar-refractivity contribution in [3.05, 3.63) is 59.3 Å². The van der Waals surface area contributed by atoms with Gasteiger partial charge in [-0.25, -0.2) is 0 Å². The number of anilines is 1. The van der Waals surface area contributed by atoms with E-state index in [2.05, 4.69) is 15.5 Å². The minimum absolute atomic E-state index is 0.235. The second kappa shape index (κ2) is 9.48. The number of alkyl halides is 3. The van der Waals surface area contributed by atoms with Crippen LogP contribution in [-0.4, -0.2) is 71.1 Å². The highest BCUT2D eigenvalue weighted by molar-refractivity contribution is 6.18. The summed E-state index contributed by atoms with van der Waals surface area (Å²) in [4.78, 5) is 43.9. The van der Waals surface area contributed by atoms with Crippen molar-refractivity contribution >= 4 is 34.2 Å². The lowest BCUT2D eigenvalue weighted by Crippen LogP contribution is -2.50. The molecule has 3 aliphatic rings. The molecule has 4 heterocycles. The van der Waals surface area contributed by atoms with Gasteiger partial charge in [0.1, 0.15) is 6.54 Å². The van der Waals surface area contributed by atoms with Gasteiger partial charge in [-0.05, 0) is 63.0 Å². The third-order valence-electron chi connectivity index (χ3n) is 8.33. The smallest absolute Gasteiger partial charge is 0.338 e. The largest absolute Gasteiger partial charge is 0.391 e. The molecule has 0 aliphatic carbocycles. The second-order valence-corrected chi connectivity index (χ2v) is 10.6. The number of likely N-dealkylation sites (tertiary alicyclic amines) is 1. The van der Waals surface area contributed by atoms with E-state index in [1.165, 1.54) is 9.80 Å². The predicted octanol–water partition coefficient (Wildman–Crippen LogP) is 3.71. The number of hydrogen-bond donors (Lipinski definition) is 2. The Morgan fingerprint density at radius 1 is 1.13 bits per heavy atom. The van der Waals surface area contributed by atoms with Crippen LogP contribution in [0.4, 0.5) is 18.9 Å². The summed E-state index contributed by atoms with van der Waals surface area (Å²) in [6.07, 6.45) is -2.12. The maximum absolute atomic E-state index is 14.1. The molecule has 3 aliphatic heterocycles. The summed E-state index contributed by atoms with van der Waals surface area (Å²) in [5.41, 5.74) is 1.76. The quantitative estimate of drug-likeness (QED) is 0.482. The number of ketones is 1. The number of hydrogen-bond acceptors (Lipinski definition) is 5. The molecule has 0 saturated carbocycles. The fourth-order valence-corrected chi connectivity index (χ4v) is 6.52. The third kappa shape index (κ3) is 4.38. The molecule has 1 unspecified atom stereocenters. The summed E-state index contributed by atoms with van der Waals surface area (Å²) >= 11 is 0. The molecule has 2 N–H and O–H groups in total. The lowest BCUT2D eigenvalue weighted by molar-refractivity contribution is -0.151. The Balaban J connectivity index is 1.37. The number of benzene rings is 2. The zero-order chi connectivity index (χ0) is 27.4. The number of nitrogens with one attached hydrogen (secondary N) is 2. The monoisotopic (exact) mass is 539 g/mol. The molecule has 3 aromatic rings. The molecule has 2 aromatic carbocycles. The van der Waals surface area contributed by atoms with E-state index >= 15 is 0 Å².